The summed E-state index contributed by atoms with van der Waals surface area (Å²) in [7, 11) is 3.39. The summed E-state index contributed by atoms with van der Waals surface area (Å²) in [5.74, 6) is 0.232. The summed E-state index contributed by atoms with van der Waals surface area (Å²) in [5, 5.41) is 2.97. The number of ether oxygens (including phenoxy) is 2. The van der Waals surface area contributed by atoms with Crippen LogP contribution in [0.25, 0.3) is 0 Å². The Morgan fingerprint density at radius 3 is 2.73 bits per heavy atom. The smallest absolute Gasteiger partial charge is 0.253 e. The highest BCUT2D eigenvalue weighted by molar-refractivity contribution is 5.94. The standard InChI is InChI=1S/C25H37N3O5/c1-25(2,3)14-22(29)26-21-10-7-11-27(4)23(30)17-8-6-9-19(12-17)33-16-18-13-20(32-5)15-28(18)24(21)31/h6,8-9,12,18,20-21H,7,10-11,13-16H2,1-5H3,(H,26,29)/t18-,20-,21-/m0/s1. The van der Waals surface area contributed by atoms with Crippen LogP contribution in [-0.2, 0) is 14.3 Å². The fraction of sp³-hybridized carbons (Fsp3) is 0.640. The lowest BCUT2D eigenvalue weighted by molar-refractivity contribution is -0.138. The minimum Gasteiger partial charge on any atom is -0.491 e. The third kappa shape index (κ3) is 6.69. The van der Waals surface area contributed by atoms with Gasteiger partial charge in [-0.25, -0.2) is 0 Å². The maximum Gasteiger partial charge on any atom is 0.253 e. The predicted molar refractivity (Wildman–Crippen MR) is 125 cm³/mol. The van der Waals surface area contributed by atoms with E-state index in [9.17, 15) is 14.4 Å². The number of nitrogens with one attached hydrogen (secondary N) is 1. The van der Waals surface area contributed by atoms with E-state index < -0.39 is 6.04 Å². The number of hydrogen-bond donors (Lipinski definition) is 1. The van der Waals surface area contributed by atoms with Gasteiger partial charge in [-0.2, -0.15) is 0 Å². The molecular formula is C25H37N3O5. The van der Waals surface area contributed by atoms with Crippen LogP contribution < -0.4 is 10.1 Å². The predicted octanol–water partition coefficient (Wildman–Crippen LogP) is 2.47. The van der Waals surface area contributed by atoms with Crippen LogP contribution in [0.4, 0.5) is 0 Å². The van der Waals surface area contributed by atoms with E-state index in [4.69, 9.17) is 9.47 Å². The molecule has 3 rings (SSSR count). The van der Waals surface area contributed by atoms with Gasteiger partial charge in [-0.15, -0.1) is 0 Å². The van der Waals surface area contributed by atoms with Crippen LogP contribution in [0.3, 0.4) is 0 Å². The van der Waals surface area contributed by atoms with Gasteiger partial charge in [0.15, 0.2) is 0 Å². The first-order chi connectivity index (χ1) is 15.6. The summed E-state index contributed by atoms with van der Waals surface area (Å²) < 4.78 is 11.6. The zero-order chi connectivity index (χ0) is 24.2. The van der Waals surface area contributed by atoms with Crippen LogP contribution in [0.1, 0.15) is 56.8 Å². The van der Waals surface area contributed by atoms with Crippen molar-refractivity contribution in [2.75, 3.05) is 33.9 Å². The lowest BCUT2D eigenvalue weighted by atomic mass is 9.91. The highest BCUT2D eigenvalue weighted by Crippen LogP contribution is 2.25. The fourth-order valence-corrected chi connectivity index (χ4v) is 4.42. The van der Waals surface area contributed by atoms with Gasteiger partial charge in [-0.3, -0.25) is 14.4 Å². The summed E-state index contributed by atoms with van der Waals surface area (Å²) in [4.78, 5) is 42.6. The molecule has 0 spiro atoms. The topological polar surface area (TPSA) is 88.2 Å². The lowest BCUT2D eigenvalue weighted by Gasteiger charge is -2.30. The minimum absolute atomic E-state index is 0.0804. The highest BCUT2D eigenvalue weighted by atomic mass is 16.5. The maximum atomic E-state index is 13.6. The number of rotatable bonds is 3. The third-order valence-corrected chi connectivity index (χ3v) is 6.17. The molecule has 1 saturated heterocycles. The quantitative estimate of drug-likeness (QED) is 0.750. The first-order valence-corrected chi connectivity index (χ1v) is 11.7. The van der Waals surface area contributed by atoms with Crippen molar-refractivity contribution in [3.63, 3.8) is 0 Å². The summed E-state index contributed by atoms with van der Waals surface area (Å²) in [5.41, 5.74) is 0.385. The van der Waals surface area contributed by atoms with Gasteiger partial charge in [0.1, 0.15) is 18.4 Å². The molecule has 0 saturated carbocycles. The summed E-state index contributed by atoms with van der Waals surface area (Å²) in [6, 6.07) is 6.32. The molecule has 0 aromatic heterocycles. The van der Waals surface area contributed by atoms with Crippen molar-refractivity contribution in [1.29, 1.82) is 0 Å². The number of fused-ring (bicyclic) bond motifs is 3. The van der Waals surface area contributed by atoms with Crippen molar-refractivity contribution in [3.05, 3.63) is 29.8 Å². The molecule has 1 N–H and O–H groups in total. The second-order valence-electron chi connectivity index (χ2n) is 10.3. The molecule has 2 aliphatic rings. The van der Waals surface area contributed by atoms with Crippen LogP contribution in [-0.4, -0.2) is 79.6 Å². The number of methoxy groups -OCH3 is 1. The highest BCUT2D eigenvalue weighted by Gasteiger charge is 2.39. The Labute approximate surface area is 196 Å². The Morgan fingerprint density at radius 2 is 2.03 bits per heavy atom. The van der Waals surface area contributed by atoms with E-state index in [1.807, 2.05) is 26.8 Å². The average Bonchev–Trinajstić information content (AvgIpc) is 3.17. The number of amides is 3. The minimum atomic E-state index is -0.651. The molecule has 0 aliphatic carbocycles. The van der Waals surface area contributed by atoms with Crippen molar-refractivity contribution in [2.24, 2.45) is 5.41 Å². The third-order valence-electron chi connectivity index (χ3n) is 6.17. The molecule has 1 fully saturated rings. The van der Waals surface area contributed by atoms with Crippen LogP contribution in [0, 0.1) is 5.41 Å². The average molecular weight is 460 g/mol. The first kappa shape index (κ1) is 25.0. The van der Waals surface area contributed by atoms with E-state index >= 15 is 0 Å². The SMILES string of the molecule is CO[C@H]1C[C@H]2COc3cccc(c3)C(=O)N(C)CCC[C@H](NC(=O)CC(C)(C)C)C(=O)N2C1. The Morgan fingerprint density at radius 1 is 1.27 bits per heavy atom. The van der Waals surface area contributed by atoms with Gasteiger partial charge in [0.05, 0.1) is 12.1 Å². The van der Waals surface area contributed by atoms with Crippen LogP contribution in [0.2, 0.25) is 0 Å². The van der Waals surface area contributed by atoms with Gasteiger partial charge in [-0.1, -0.05) is 26.8 Å². The van der Waals surface area contributed by atoms with Gasteiger partial charge in [0.2, 0.25) is 11.8 Å². The Hall–Kier alpha value is -2.61. The summed E-state index contributed by atoms with van der Waals surface area (Å²) >= 11 is 0. The number of benzene rings is 1. The largest absolute Gasteiger partial charge is 0.491 e. The number of carbonyl (C=O) groups excluding carboxylic acids is 3. The van der Waals surface area contributed by atoms with Crippen molar-refractivity contribution >= 4 is 17.7 Å². The summed E-state index contributed by atoms with van der Waals surface area (Å²) in [6.45, 7) is 7.22. The first-order valence-electron chi connectivity index (χ1n) is 11.7. The molecule has 2 heterocycles. The van der Waals surface area contributed by atoms with E-state index in [1.165, 1.54) is 0 Å². The molecule has 2 aliphatic heterocycles. The van der Waals surface area contributed by atoms with Gasteiger partial charge >= 0.3 is 0 Å². The zero-order valence-electron chi connectivity index (χ0n) is 20.4. The number of nitrogens with zero attached hydrogens (tertiary/aromatic N) is 2. The number of carbonyl (C=O) groups is 3. The van der Waals surface area contributed by atoms with Gasteiger partial charge in [-0.05, 0) is 42.9 Å². The van der Waals surface area contributed by atoms with E-state index in [2.05, 4.69) is 5.32 Å². The van der Waals surface area contributed by atoms with Crippen molar-refractivity contribution in [1.82, 2.24) is 15.1 Å². The normalized spacial score (nSPS) is 24.7. The Bertz CT molecular complexity index is 866. The van der Waals surface area contributed by atoms with Gasteiger partial charge < -0.3 is 24.6 Å². The van der Waals surface area contributed by atoms with E-state index in [1.54, 1.807) is 42.2 Å². The monoisotopic (exact) mass is 459 g/mol. The van der Waals surface area contributed by atoms with Gasteiger partial charge in [0, 0.05) is 39.2 Å². The Kier molecular flexibility index (Phi) is 8.00. The molecule has 33 heavy (non-hydrogen) atoms. The second-order valence-corrected chi connectivity index (χ2v) is 10.3. The molecule has 8 heteroatoms. The molecule has 3 amide bonds. The molecular weight excluding hydrogens is 422 g/mol. The van der Waals surface area contributed by atoms with Gasteiger partial charge in [0.25, 0.3) is 5.91 Å². The zero-order valence-corrected chi connectivity index (χ0v) is 20.4. The van der Waals surface area contributed by atoms with E-state index in [-0.39, 0.29) is 35.3 Å². The van der Waals surface area contributed by atoms with Crippen LogP contribution >= 0.6 is 0 Å². The fourth-order valence-electron chi connectivity index (χ4n) is 4.42. The van der Waals surface area contributed by atoms with Crippen molar-refractivity contribution < 1.29 is 23.9 Å². The molecule has 1 aromatic rings. The van der Waals surface area contributed by atoms with E-state index in [0.717, 1.165) is 0 Å². The summed E-state index contributed by atoms with van der Waals surface area (Å²) in [6.07, 6.45) is 1.96. The van der Waals surface area contributed by atoms with Crippen LogP contribution in [0.15, 0.2) is 24.3 Å². The molecule has 182 valence electrons. The maximum absolute atomic E-state index is 13.6. The van der Waals surface area contributed by atoms with Crippen LogP contribution in [0.5, 0.6) is 5.75 Å². The molecule has 3 atom stereocenters. The molecule has 1 aromatic carbocycles. The van der Waals surface area contributed by atoms with Crippen molar-refractivity contribution in [2.45, 2.75) is 64.6 Å². The molecule has 8 nitrogen and oxygen atoms in total. The molecule has 0 radical (unpaired) electrons. The van der Waals surface area contributed by atoms with E-state index in [0.29, 0.717) is 56.7 Å². The molecule has 0 unspecified atom stereocenters. The molecule has 2 bridgehead atoms. The lowest BCUT2D eigenvalue weighted by Crippen LogP contribution is -2.52. The Balaban J connectivity index is 1.86. The second kappa shape index (κ2) is 10.5. The number of hydrogen-bond acceptors (Lipinski definition) is 5. The van der Waals surface area contributed by atoms with Crippen molar-refractivity contribution in [3.8, 4) is 5.75 Å².